The van der Waals surface area contributed by atoms with E-state index >= 15 is 0 Å². The fourth-order valence-electron chi connectivity index (χ4n) is 1.57. The summed E-state index contributed by atoms with van der Waals surface area (Å²) in [6.07, 6.45) is 2.91. The van der Waals surface area contributed by atoms with Crippen LogP contribution in [0.15, 0.2) is 27.0 Å². The predicted octanol–water partition coefficient (Wildman–Crippen LogP) is 2.13. The maximum Gasteiger partial charge on any atom is 0.250 e. The third-order valence-electron chi connectivity index (χ3n) is 2.55. The summed E-state index contributed by atoms with van der Waals surface area (Å²) in [5.74, 6) is 1.27. The van der Waals surface area contributed by atoms with Crippen LogP contribution >= 0.6 is 11.3 Å². The molecule has 0 saturated carbocycles. The highest BCUT2D eigenvalue weighted by Gasteiger charge is 2.16. The Morgan fingerprint density at radius 2 is 2.21 bits per heavy atom. The monoisotopic (exact) mass is 300 g/mol. The van der Waals surface area contributed by atoms with E-state index in [0.29, 0.717) is 16.5 Å². The fourth-order valence-corrected chi connectivity index (χ4v) is 3.95. The van der Waals surface area contributed by atoms with Gasteiger partial charge in [-0.15, -0.1) is 11.3 Å². The first kappa shape index (κ1) is 14.2. The van der Waals surface area contributed by atoms with Crippen LogP contribution in [0.1, 0.15) is 23.5 Å². The molecule has 0 amide bonds. The van der Waals surface area contributed by atoms with Crippen LogP contribution in [0.5, 0.6) is 0 Å². The molecule has 0 atom stereocenters. The summed E-state index contributed by atoms with van der Waals surface area (Å²) in [4.78, 5) is 5.09. The smallest absolute Gasteiger partial charge is 0.250 e. The molecule has 104 valence electrons. The molecule has 0 aliphatic rings. The van der Waals surface area contributed by atoms with Gasteiger partial charge in [0.15, 0.2) is 5.89 Å². The normalized spacial score (nSPS) is 11.9. The Labute approximate surface area is 116 Å². The van der Waals surface area contributed by atoms with Gasteiger partial charge in [-0.05, 0) is 25.5 Å². The van der Waals surface area contributed by atoms with E-state index in [1.54, 1.807) is 19.2 Å². The summed E-state index contributed by atoms with van der Waals surface area (Å²) in [5.41, 5.74) is 0. The van der Waals surface area contributed by atoms with Crippen molar-refractivity contribution in [2.75, 3.05) is 6.54 Å². The number of hydrogen-bond acceptors (Lipinski definition) is 5. The molecular weight excluding hydrogens is 284 g/mol. The average molecular weight is 300 g/mol. The van der Waals surface area contributed by atoms with Gasteiger partial charge >= 0.3 is 0 Å². The zero-order valence-electron chi connectivity index (χ0n) is 10.8. The summed E-state index contributed by atoms with van der Waals surface area (Å²) < 4.78 is 32.2. The van der Waals surface area contributed by atoms with E-state index in [0.717, 1.165) is 17.1 Å². The van der Waals surface area contributed by atoms with Crippen LogP contribution in [-0.2, 0) is 22.9 Å². The molecule has 0 aliphatic carbocycles. The second-order valence-corrected chi connectivity index (χ2v) is 7.25. The molecule has 19 heavy (non-hydrogen) atoms. The van der Waals surface area contributed by atoms with Crippen LogP contribution in [0, 0.1) is 6.92 Å². The average Bonchev–Trinajstić information content (AvgIpc) is 2.98. The van der Waals surface area contributed by atoms with Crippen molar-refractivity contribution < 1.29 is 12.8 Å². The number of sulfonamides is 1. The number of nitrogens with zero attached hydrogens (tertiary/aromatic N) is 1. The van der Waals surface area contributed by atoms with E-state index in [1.807, 2.05) is 13.0 Å². The molecule has 0 aromatic carbocycles. The lowest BCUT2D eigenvalue weighted by molar-refractivity contribution is 0.469. The summed E-state index contributed by atoms with van der Waals surface area (Å²) in [6, 6.07) is 3.48. The molecule has 7 heteroatoms. The number of aryl methyl sites for hydroxylation is 2. The molecule has 5 nitrogen and oxygen atoms in total. The Morgan fingerprint density at radius 3 is 2.79 bits per heavy atom. The molecule has 2 rings (SSSR count). The van der Waals surface area contributed by atoms with Gasteiger partial charge in [-0.3, -0.25) is 0 Å². The van der Waals surface area contributed by atoms with Gasteiger partial charge in [0.25, 0.3) is 0 Å². The molecule has 2 aromatic rings. The van der Waals surface area contributed by atoms with Gasteiger partial charge in [-0.1, -0.05) is 6.92 Å². The quantitative estimate of drug-likeness (QED) is 0.887. The molecule has 0 saturated heterocycles. The standard InChI is InChI=1S/C12H16N2O3S2/c1-3-10-4-5-12(18-10)19(15,16)14-7-6-11-13-8-9(2)17-11/h4-5,8,14H,3,6-7H2,1-2H3. The van der Waals surface area contributed by atoms with Crippen molar-refractivity contribution in [2.24, 2.45) is 0 Å². The zero-order chi connectivity index (χ0) is 13.9. The molecule has 0 aliphatic heterocycles. The molecule has 0 fully saturated rings. The Balaban J connectivity index is 1.94. The van der Waals surface area contributed by atoms with Crippen LogP contribution < -0.4 is 4.72 Å². The van der Waals surface area contributed by atoms with E-state index in [1.165, 1.54) is 11.3 Å². The molecule has 1 N–H and O–H groups in total. The Hall–Kier alpha value is -1.18. The van der Waals surface area contributed by atoms with Crippen LogP contribution in [0.4, 0.5) is 0 Å². The molecule has 0 radical (unpaired) electrons. The van der Waals surface area contributed by atoms with Crippen LogP contribution in [0.3, 0.4) is 0 Å². The molecule has 0 spiro atoms. The van der Waals surface area contributed by atoms with Gasteiger partial charge < -0.3 is 4.42 Å². The third-order valence-corrected chi connectivity index (χ3v) is 5.73. The summed E-state index contributed by atoms with van der Waals surface area (Å²) in [7, 11) is -3.41. The van der Waals surface area contributed by atoms with E-state index in [4.69, 9.17) is 4.42 Å². The van der Waals surface area contributed by atoms with Crippen molar-refractivity contribution in [1.82, 2.24) is 9.71 Å². The maximum absolute atomic E-state index is 12.0. The predicted molar refractivity (Wildman–Crippen MR) is 73.8 cm³/mol. The fraction of sp³-hybridized carbons (Fsp3) is 0.417. The molecular formula is C12H16N2O3S2. The number of rotatable bonds is 6. The van der Waals surface area contributed by atoms with E-state index < -0.39 is 10.0 Å². The van der Waals surface area contributed by atoms with Gasteiger partial charge in [-0.2, -0.15) is 0 Å². The maximum atomic E-state index is 12.0. The van der Waals surface area contributed by atoms with E-state index in [9.17, 15) is 8.42 Å². The highest BCUT2D eigenvalue weighted by molar-refractivity contribution is 7.91. The highest BCUT2D eigenvalue weighted by atomic mass is 32.2. The number of thiophene rings is 1. The van der Waals surface area contributed by atoms with Gasteiger partial charge in [0.2, 0.25) is 10.0 Å². The number of nitrogens with one attached hydrogen (secondary N) is 1. The SMILES string of the molecule is CCc1ccc(S(=O)(=O)NCCc2ncc(C)o2)s1. The lowest BCUT2D eigenvalue weighted by Crippen LogP contribution is -2.25. The summed E-state index contributed by atoms with van der Waals surface area (Å²) in [6.45, 7) is 4.08. The number of oxazole rings is 1. The first-order valence-electron chi connectivity index (χ1n) is 6.01. The lowest BCUT2D eigenvalue weighted by Gasteiger charge is -2.02. The second kappa shape index (κ2) is 5.85. The lowest BCUT2D eigenvalue weighted by atomic mass is 10.4. The second-order valence-electron chi connectivity index (χ2n) is 4.09. The van der Waals surface area contributed by atoms with Crippen molar-refractivity contribution in [1.29, 1.82) is 0 Å². The minimum atomic E-state index is -3.41. The highest BCUT2D eigenvalue weighted by Crippen LogP contribution is 2.21. The zero-order valence-corrected chi connectivity index (χ0v) is 12.5. The van der Waals surface area contributed by atoms with Crippen LogP contribution in [0.25, 0.3) is 0 Å². The molecule has 0 bridgehead atoms. The first-order valence-corrected chi connectivity index (χ1v) is 8.31. The first-order chi connectivity index (χ1) is 9.01. The third kappa shape index (κ3) is 3.65. The van der Waals surface area contributed by atoms with Gasteiger partial charge in [-0.25, -0.2) is 18.1 Å². The van der Waals surface area contributed by atoms with Crippen molar-refractivity contribution in [3.63, 3.8) is 0 Å². The van der Waals surface area contributed by atoms with Crippen molar-refractivity contribution in [3.05, 3.63) is 34.9 Å². The van der Waals surface area contributed by atoms with Crippen molar-refractivity contribution in [2.45, 2.75) is 30.9 Å². The van der Waals surface area contributed by atoms with Crippen LogP contribution in [0.2, 0.25) is 0 Å². The van der Waals surface area contributed by atoms with Crippen molar-refractivity contribution in [3.8, 4) is 0 Å². The van der Waals surface area contributed by atoms with Crippen molar-refractivity contribution >= 4 is 21.4 Å². The topological polar surface area (TPSA) is 72.2 Å². The number of hydrogen-bond donors (Lipinski definition) is 1. The van der Waals surface area contributed by atoms with Gasteiger partial charge in [0.05, 0.1) is 6.20 Å². The summed E-state index contributed by atoms with van der Waals surface area (Å²) in [5, 5.41) is 0. The minimum Gasteiger partial charge on any atom is -0.446 e. The number of aromatic nitrogens is 1. The Kier molecular flexibility index (Phi) is 4.38. The van der Waals surface area contributed by atoms with E-state index in [2.05, 4.69) is 9.71 Å². The van der Waals surface area contributed by atoms with Crippen LogP contribution in [-0.4, -0.2) is 19.9 Å². The Bertz CT molecular complexity index is 643. The Morgan fingerprint density at radius 1 is 1.42 bits per heavy atom. The molecule has 2 heterocycles. The molecule has 2 aromatic heterocycles. The van der Waals surface area contributed by atoms with E-state index in [-0.39, 0.29) is 6.54 Å². The van der Waals surface area contributed by atoms with Gasteiger partial charge in [0, 0.05) is 17.8 Å². The minimum absolute atomic E-state index is 0.279. The largest absolute Gasteiger partial charge is 0.446 e. The summed E-state index contributed by atoms with van der Waals surface area (Å²) >= 11 is 1.30. The molecule has 0 unspecified atom stereocenters. The van der Waals surface area contributed by atoms with Gasteiger partial charge in [0.1, 0.15) is 9.97 Å².